The van der Waals surface area contributed by atoms with Crippen LogP contribution in [0.3, 0.4) is 0 Å². The van der Waals surface area contributed by atoms with Gasteiger partial charge >= 0.3 is 0 Å². The Labute approximate surface area is 484 Å². The number of nitrogens with zero attached hydrogens (tertiary/aromatic N) is 10. The number of hydrogen-bond donors (Lipinski definition) is 2. The van der Waals surface area contributed by atoms with E-state index in [0.717, 1.165) is 172 Å². The second-order valence-corrected chi connectivity index (χ2v) is 25.0. The van der Waals surface area contributed by atoms with Gasteiger partial charge in [-0.05, 0) is 177 Å². The highest BCUT2D eigenvalue weighted by Crippen LogP contribution is 2.37. The van der Waals surface area contributed by atoms with E-state index in [9.17, 15) is 19.5 Å². The highest BCUT2D eigenvalue weighted by molar-refractivity contribution is 5.95. The highest BCUT2D eigenvalue weighted by atomic mass is 16.5. The van der Waals surface area contributed by atoms with Gasteiger partial charge in [-0.1, -0.05) is 51.4 Å². The Morgan fingerprint density at radius 2 is 1.05 bits per heavy atom. The lowest BCUT2D eigenvalue weighted by atomic mass is 10.1. The monoisotopic (exact) mass is 1120 g/mol. The predicted octanol–water partition coefficient (Wildman–Crippen LogP) is 9.84. The van der Waals surface area contributed by atoms with E-state index in [1.165, 1.54) is 83.6 Å². The Kier molecular flexibility index (Phi) is 19.2. The zero-order valence-corrected chi connectivity index (χ0v) is 49.0. The number of imidazole rings is 2. The average molecular weight is 1120 g/mol. The Balaban J connectivity index is 0.000000172. The number of aryl methyl sites for hydroxylation is 2. The maximum Gasteiger partial charge on any atom is 0.255 e. The van der Waals surface area contributed by atoms with Crippen molar-refractivity contribution in [1.29, 1.82) is 0 Å². The van der Waals surface area contributed by atoms with E-state index in [1.807, 2.05) is 54.9 Å². The first-order valence-corrected chi connectivity index (χ1v) is 31.7. The Hall–Kier alpha value is -5.94. The molecule has 8 heterocycles. The van der Waals surface area contributed by atoms with E-state index in [0.29, 0.717) is 23.5 Å². The van der Waals surface area contributed by atoms with Gasteiger partial charge in [-0.25, -0.2) is 15.0 Å². The van der Waals surface area contributed by atoms with Gasteiger partial charge in [-0.15, -0.1) is 0 Å². The lowest BCUT2D eigenvalue weighted by molar-refractivity contribution is 0.0738. The summed E-state index contributed by atoms with van der Waals surface area (Å²) in [7, 11) is 0. The SMILES string of the molecule is CC1CCCN1CCCc1c(-c2ccc(=O)n(CCO)c2)nc2ccc(C(=O)N(CCC3CC3)CCC3CC3)cn12.CC1CCCN1CCCc1c(-c2ccc(OCCO)nc2)nc2ccc(C(=O)N(CCC3CC3)CCC3CC3)cn12. The summed E-state index contributed by atoms with van der Waals surface area (Å²) >= 11 is 0. The summed E-state index contributed by atoms with van der Waals surface area (Å²) in [6.45, 7) is 12.8. The molecule has 2 saturated heterocycles. The molecule has 4 aliphatic carbocycles. The molecule has 6 aliphatic rings. The van der Waals surface area contributed by atoms with Gasteiger partial charge in [0.15, 0.2) is 0 Å². The minimum Gasteiger partial charge on any atom is -0.475 e. The molecular weight excluding hydrogens is 1030 g/mol. The van der Waals surface area contributed by atoms with Crippen LogP contribution < -0.4 is 10.3 Å². The molecule has 6 aromatic rings. The van der Waals surface area contributed by atoms with Crippen molar-refractivity contribution in [3.05, 3.63) is 106 Å². The molecule has 6 fully saturated rings. The van der Waals surface area contributed by atoms with Crippen molar-refractivity contribution in [1.82, 2.24) is 47.9 Å². The molecule has 2 unspecified atom stereocenters. The largest absolute Gasteiger partial charge is 0.475 e. The fraction of sp³-hybridized carbons (Fsp3) is 0.606. The second kappa shape index (κ2) is 27.2. The van der Waals surface area contributed by atoms with Crippen LogP contribution in [0.25, 0.3) is 33.8 Å². The van der Waals surface area contributed by atoms with E-state index in [1.54, 1.807) is 23.0 Å². The molecule has 2 N–H and O–H groups in total. The van der Waals surface area contributed by atoms with Crippen molar-refractivity contribution >= 4 is 23.1 Å². The van der Waals surface area contributed by atoms with Gasteiger partial charge in [0.2, 0.25) is 5.88 Å². The van der Waals surface area contributed by atoms with Gasteiger partial charge in [0, 0.05) is 92.9 Å². The molecule has 2 aliphatic heterocycles. The van der Waals surface area contributed by atoms with E-state index >= 15 is 0 Å². The number of pyridine rings is 4. The molecule has 16 nitrogen and oxygen atoms in total. The van der Waals surface area contributed by atoms with Crippen molar-refractivity contribution < 1.29 is 24.5 Å². The second-order valence-electron chi connectivity index (χ2n) is 25.0. The van der Waals surface area contributed by atoms with Gasteiger partial charge in [-0.2, -0.15) is 0 Å². The van der Waals surface area contributed by atoms with Gasteiger partial charge < -0.3 is 47.9 Å². The normalized spacial score (nSPS) is 19.3. The molecule has 0 bridgehead atoms. The molecule has 2 amide bonds. The van der Waals surface area contributed by atoms with Gasteiger partial charge in [0.05, 0.1) is 47.1 Å². The lowest BCUT2D eigenvalue weighted by Gasteiger charge is -2.23. The summed E-state index contributed by atoms with van der Waals surface area (Å²) in [5.41, 5.74) is 8.70. The van der Waals surface area contributed by atoms with Gasteiger partial charge in [-0.3, -0.25) is 14.4 Å². The van der Waals surface area contributed by atoms with Crippen LogP contribution in [0.4, 0.5) is 0 Å². The zero-order valence-electron chi connectivity index (χ0n) is 49.0. The predicted molar refractivity (Wildman–Crippen MR) is 321 cm³/mol. The number of carbonyl (C=O) groups is 2. The molecule has 12 rings (SSSR count). The van der Waals surface area contributed by atoms with Crippen LogP contribution in [0.15, 0.2) is 78.1 Å². The maximum atomic E-state index is 13.8. The first-order valence-electron chi connectivity index (χ1n) is 31.7. The smallest absolute Gasteiger partial charge is 0.255 e. The Morgan fingerprint density at radius 1 is 0.573 bits per heavy atom. The van der Waals surface area contributed by atoms with E-state index < -0.39 is 0 Å². The van der Waals surface area contributed by atoms with Crippen LogP contribution in [-0.2, 0) is 19.4 Å². The van der Waals surface area contributed by atoms with Crippen molar-refractivity contribution in [3.63, 3.8) is 0 Å². The lowest BCUT2D eigenvalue weighted by Crippen LogP contribution is -2.33. The van der Waals surface area contributed by atoms with Crippen LogP contribution in [-0.4, -0.2) is 154 Å². The maximum absolute atomic E-state index is 13.8. The minimum absolute atomic E-state index is 0.0463. The molecule has 0 aromatic carbocycles. The van der Waals surface area contributed by atoms with Gasteiger partial charge in [0.1, 0.15) is 17.9 Å². The van der Waals surface area contributed by atoms with Crippen molar-refractivity contribution in [2.45, 2.75) is 161 Å². The van der Waals surface area contributed by atoms with Crippen LogP contribution in [0.2, 0.25) is 0 Å². The van der Waals surface area contributed by atoms with Crippen LogP contribution in [0.5, 0.6) is 5.88 Å². The number of carbonyl (C=O) groups excluding carboxylic acids is 2. The molecule has 4 saturated carbocycles. The number of aromatic nitrogens is 6. The number of ether oxygens (including phenoxy) is 1. The Bertz CT molecular complexity index is 3120. The summed E-state index contributed by atoms with van der Waals surface area (Å²) in [5, 5.41) is 18.5. The molecule has 0 radical (unpaired) electrons. The summed E-state index contributed by atoms with van der Waals surface area (Å²) in [6.07, 6.45) is 31.4. The summed E-state index contributed by atoms with van der Waals surface area (Å²) in [5.74, 6) is 3.96. The number of fused-ring (bicyclic) bond motifs is 2. The molecule has 0 spiro atoms. The standard InChI is InChI=1S/2C33H45N5O3/c1-24-4-2-16-35(24)17-3-5-29-32(27-11-13-31(40)37(22-27)20-21-39)34-30-12-10-28(23-38(29)30)33(41)36(18-14-25-6-7-25)19-15-26-8-9-26;1-24-4-2-16-36(24)17-3-5-29-32(27-11-13-31(34-22-27)41-21-20-39)35-30-12-10-28(23-38(29)30)33(40)37(18-14-25-6-7-25)19-15-26-8-9-26/h2*10-13,22-26,39H,2-9,14-21H2,1H3. The molecule has 6 aromatic heterocycles. The van der Waals surface area contributed by atoms with Crippen LogP contribution in [0.1, 0.15) is 162 Å². The Morgan fingerprint density at radius 3 is 1.46 bits per heavy atom. The third kappa shape index (κ3) is 15.1. The fourth-order valence-corrected chi connectivity index (χ4v) is 12.6. The number of aliphatic hydroxyl groups excluding tert-OH is 2. The van der Waals surface area contributed by atoms with Crippen LogP contribution in [0, 0.1) is 23.7 Å². The quantitative estimate of drug-likeness (QED) is 0.0459. The third-order valence-corrected chi connectivity index (χ3v) is 18.6. The molecule has 16 heteroatoms. The number of aliphatic hydroxyl groups is 2. The molecular formula is C66H90N10O6. The van der Waals surface area contributed by atoms with Crippen molar-refractivity contribution in [3.8, 4) is 28.4 Å². The first-order chi connectivity index (χ1) is 40.1. The van der Waals surface area contributed by atoms with Gasteiger partial charge in [0.25, 0.3) is 17.4 Å². The average Bonchev–Trinajstić information content (AvgIpc) is 4.43. The zero-order chi connectivity index (χ0) is 56.5. The van der Waals surface area contributed by atoms with Crippen molar-refractivity contribution in [2.24, 2.45) is 23.7 Å². The summed E-state index contributed by atoms with van der Waals surface area (Å²) in [6, 6.07) is 16.3. The third-order valence-electron chi connectivity index (χ3n) is 18.6. The fourth-order valence-electron chi connectivity index (χ4n) is 12.6. The van der Waals surface area contributed by atoms with E-state index in [-0.39, 0.29) is 43.7 Å². The van der Waals surface area contributed by atoms with E-state index in [2.05, 4.69) is 47.2 Å². The number of hydrogen-bond acceptors (Lipinski definition) is 11. The minimum atomic E-state index is -0.137. The first kappa shape index (κ1) is 57.9. The number of likely N-dealkylation sites (tertiary alicyclic amines) is 2. The highest BCUT2D eigenvalue weighted by Gasteiger charge is 2.30. The topological polar surface area (TPSA) is 166 Å². The van der Waals surface area contributed by atoms with Crippen LogP contribution >= 0.6 is 0 Å². The molecule has 82 heavy (non-hydrogen) atoms. The summed E-state index contributed by atoms with van der Waals surface area (Å²) < 4.78 is 11.3. The number of rotatable bonds is 29. The molecule has 440 valence electrons. The molecule has 2 atom stereocenters. The number of amides is 2. The van der Waals surface area contributed by atoms with Crippen molar-refractivity contribution in [2.75, 3.05) is 72.2 Å². The summed E-state index contributed by atoms with van der Waals surface area (Å²) in [4.78, 5) is 63.9. The van der Waals surface area contributed by atoms with E-state index in [4.69, 9.17) is 19.8 Å².